The molecular weight excluding hydrogens is 254 g/mol. The van der Waals surface area contributed by atoms with Gasteiger partial charge < -0.3 is 15.1 Å². The van der Waals surface area contributed by atoms with E-state index in [4.69, 9.17) is 4.84 Å². The summed E-state index contributed by atoms with van der Waals surface area (Å²) in [6.07, 6.45) is 4.06. The van der Waals surface area contributed by atoms with Gasteiger partial charge in [0.2, 0.25) is 0 Å². The summed E-state index contributed by atoms with van der Waals surface area (Å²) in [5.41, 5.74) is 1.22. The Hall–Kier alpha value is -1.71. The van der Waals surface area contributed by atoms with E-state index in [-0.39, 0.29) is 17.1 Å². The summed E-state index contributed by atoms with van der Waals surface area (Å²) < 4.78 is 0. The van der Waals surface area contributed by atoms with Crippen LogP contribution in [0.3, 0.4) is 0 Å². The second-order valence-corrected chi connectivity index (χ2v) is 5.90. The molecule has 4 nitrogen and oxygen atoms in total. The van der Waals surface area contributed by atoms with Crippen molar-refractivity contribution in [2.75, 3.05) is 0 Å². The van der Waals surface area contributed by atoms with Crippen LogP contribution in [0.25, 0.3) is 0 Å². The van der Waals surface area contributed by atoms with Crippen molar-refractivity contribution >= 4 is 5.71 Å². The average molecular weight is 279 g/mol. The molecule has 0 aliphatic carbocycles. The SMILES string of the molecule is CCCCC/C(=N\OC(C)(C)C)c1ccc(O)c(O)c1. The van der Waals surface area contributed by atoms with Crippen LogP contribution < -0.4 is 0 Å². The first-order valence-electron chi connectivity index (χ1n) is 7.11. The molecule has 2 N–H and O–H groups in total. The summed E-state index contributed by atoms with van der Waals surface area (Å²) in [6.45, 7) is 7.96. The van der Waals surface area contributed by atoms with Crippen molar-refractivity contribution in [1.82, 2.24) is 0 Å². The van der Waals surface area contributed by atoms with Gasteiger partial charge in [0, 0.05) is 5.56 Å². The second-order valence-electron chi connectivity index (χ2n) is 5.90. The van der Waals surface area contributed by atoms with Crippen LogP contribution in [0.4, 0.5) is 0 Å². The molecule has 0 amide bonds. The Morgan fingerprint density at radius 1 is 1.15 bits per heavy atom. The summed E-state index contributed by atoms with van der Waals surface area (Å²) in [7, 11) is 0. The van der Waals surface area contributed by atoms with Crippen molar-refractivity contribution in [1.29, 1.82) is 0 Å². The van der Waals surface area contributed by atoms with Gasteiger partial charge in [-0.3, -0.25) is 0 Å². The Morgan fingerprint density at radius 2 is 1.85 bits per heavy atom. The number of nitrogens with zero attached hydrogens (tertiary/aromatic N) is 1. The predicted molar refractivity (Wildman–Crippen MR) is 81.3 cm³/mol. The third kappa shape index (κ3) is 5.51. The fourth-order valence-electron chi connectivity index (χ4n) is 1.68. The molecule has 0 heterocycles. The van der Waals surface area contributed by atoms with Crippen molar-refractivity contribution in [3.8, 4) is 11.5 Å². The van der Waals surface area contributed by atoms with E-state index in [9.17, 15) is 10.2 Å². The third-order valence-corrected chi connectivity index (χ3v) is 2.76. The van der Waals surface area contributed by atoms with E-state index in [1.807, 2.05) is 20.8 Å². The molecule has 0 saturated heterocycles. The topological polar surface area (TPSA) is 62.0 Å². The van der Waals surface area contributed by atoms with E-state index >= 15 is 0 Å². The van der Waals surface area contributed by atoms with Gasteiger partial charge in [-0.2, -0.15) is 0 Å². The van der Waals surface area contributed by atoms with Gasteiger partial charge in [0.15, 0.2) is 11.5 Å². The van der Waals surface area contributed by atoms with Crippen molar-refractivity contribution < 1.29 is 15.1 Å². The molecule has 1 rings (SSSR count). The van der Waals surface area contributed by atoms with Crippen LogP contribution in [0.2, 0.25) is 0 Å². The second kappa shape index (κ2) is 7.17. The fourth-order valence-corrected chi connectivity index (χ4v) is 1.68. The van der Waals surface area contributed by atoms with E-state index in [0.29, 0.717) is 0 Å². The fraction of sp³-hybridized carbons (Fsp3) is 0.562. The molecule has 0 saturated carbocycles. The lowest BCUT2D eigenvalue weighted by Gasteiger charge is -2.17. The van der Waals surface area contributed by atoms with Gasteiger partial charge in [-0.05, 0) is 51.8 Å². The molecule has 20 heavy (non-hydrogen) atoms. The van der Waals surface area contributed by atoms with Crippen LogP contribution in [0.1, 0.15) is 58.9 Å². The van der Waals surface area contributed by atoms with Crippen molar-refractivity contribution in [3.05, 3.63) is 23.8 Å². The maximum absolute atomic E-state index is 9.60. The van der Waals surface area contributed by atoms with Crippen LogP contribution in [0.15, 0.2) is 23.4 Å². The Bertz CT molecular complexity index is 461. The summed E-state index contributed by atoms with van der Waals surface area (Å²) in [5, 5.41) is 23.2. The highest BCUT2D eigenvalue weighted by Gasteiger charge is 2.13. The predicted octanol–water partition coefficient (Wildman–Crippen LogP) is 4.20. The largest absolute Gasteiger partial charge is 0.504 e. The zero-order chi connectivity index (χ0) is 15.2. The highest BCUT2D eigenvalue weighted by molar-refractivity contribution is 6.00. The van der Waals surface area contributed by atoms with Crippen LogP contribution in [0.5, 0.6) is 11.5 Å². The van der Waals surface area contributed by atoms with E-state index in [2.05, 4.69) is 12.1 Å². The molecule has 0 unspecified atom stereocenters. The summed E-state index contributed by atoms with van der Waals surface area (Å²) in [6, 6.07) is 4.73. The molecule has 112 valence electrons. The summed E-state index contributed by atoms with van der Waals surface area (Å²) in [5.74, 6) is -0.264. The molecule has 0 spiro atoms. The quantitative estimate of drug-likeness (QED) is 0.355. The molecule has 0 aromatic heterocycles. The number of oxime groups is 1. The van der Waals surface area contributed by atoms with Crippen molar-refractivity contribution in [2.45, 2.75) is 59.0 Å². The first-order valence-corrected chi connectivity index (χ1v) is 7.11. The van der Waals surface area contributed by atoms with Gasteiger partial charge in [0.25, 0.3) is 0 Å². The number of rotatable bonds is 6. The summed E-state index contributed by atoms with van der Waals surface area (Å²) in [4.78, 5) is 5.49. The number of hydrogen-bond donors (Lipinski definition) is 2. The lowest BCUT2D eigenvalue weighted by atomic mass is 10.0. The highest BCUT2D eigenvalue weighted by atomic mass is 16.6. The van der Waals surface area contributed by atoms with Gasteiger partial charge in [0.1, 0.15) is 5.60 Å². The van der Waals surface area contributed by atoms with E-state index in [0.717, 1.165) is 37.0 Å². The molecule has 0 fully saturated rings. The van der Waals surface area contributed by atoms with Crippen LogP contribution in [-0.2, 0) is 4.84 Å². The maximum Gasteiger partial charge on any atom is 0.158 e. The Balaban J connectivity index is 2.93. The van der Waals surface area contributed by atoms with Gasteiger partial charge in [-0.15, -0.1) is 0 Å². The molecule has 1 aromatic rings. The molecule has 4 heteroatoms. The Labute approximate surface area is 121 Å². The minimum Gasteiger partial charge on any atom is -0.504 e. The average Bonchev–Trinajstić information content (AvgIpc) is 2.36. The Kier molecular flexibility index (Phi) is 5.86. The molecule has 0 radical (unpaired) electrons. The smallest absolute Gasteiger partial charge is 0.158 e. The van der Waals surface area contributed by atoms with E-state index in [1.54, 1.807) is 6.07 Å². The molecule has 1 aromatic carbocycles. The Morgan fingerprint density at radius 3 is 2.40 bits per heavy atom. The number of phenolic OH excluding ortho intramolecular Hbond substituents is 2. The molecular formula is C16H25NO3. The highest BCUT2D eigenvalue weighted by Crippen LogP contribution is 2.26. The lowest BCUT2D eigenvalue weighted by Crippen LogP contribution is -2.17. The lowest BCUT2D eigenvalue weighted by molar-refractivity contribution is 0.000675. The molecule has 0 aliphatic rings. The van der Waals surface area contributed by atoms with E-state index < -0.39 is 0 Å². The maximum atomic E-state index is 9.60. The van der Waals surface area contributed by atoms with Crippen LogP contribution >= 0.6 is 0 Å². The standard InChI is InChI=1S/C16H25NO3/c1-5-6-7-8-13(17-20-16(2,3)4)12-9-10-14(18)15(19)11-12/h9-11,18-19H,5-8H2,1-4H3/b17-13+. The monoisotopic (exact) mass is 279 g/mol. The first-order chi connectivity index (χ1) is 9.33. The molecule has 0 aliphatic heterocycles. The normalized spacial score (nSPS) is 12.5. The van der Waals surface area contributed by atoms with Gasteiger partial charge >= 0.3 is 0 Å². The minimum absolute atomic E-state index is 0.126. The van der Waals surface area contributed by atoms with Gasteiger partial charge in [-0.1, -0.05) is 24.9 Å². The number of aromatic hydroxyl groups is 2. The minimum atomic E-state index is -0.352. The zero-order valence-corrected chi connectivity index (χ0v) is 12.8. The summed E-state index contributed by atoms with van der Waals surface area (Å²) >= 11 is 0. The van der Waals surface area contributed by atoms with Gasteiger partial charge in [-0.25, -0.2) is 0 Å². The molecule has 0 atom stereocenters. The molecule has 0 bridgehead atoms. The third-order valence-electron chi connectivity index (χ3n) is 2.76. The van der Waals surface area contributed by atoms with E-state index in [1.165, 1.54) is 12.1 Å². The van der Waals surface area contributed by atoms with Crippen molar-refractivity contribution in [2.24, 2.45) is 5.16 Å². The zero-order valence-electron chi connectivity index (χ0n) is 12.8. The number of unbranched alkanes of at least 4 members (excludes halogenated alkanes) is 2. The van der Waals surface area contributed by atoms with Crippen molar-refractivity contribution in [3.63, 3.8) is 0 Å². The first kappa shape index (κ1) is 16.3. The number of hydrogen-bond acceptors (Lipinski definition) is 4. The number of benzene rings is 1. The van der Waals surface area contributed by atoms with Crippen LogP contribution in [0, 0.1) is 0 Å². The van der Waals surface area contributed by atoms with Gasteiger partial charge in [0.05, 0.1) is 5.71 Å². The van der Waals surface area contributed by atoms with Crippen LogP contribution in [-0.4, -0.2) is 21.5 Å². The number of phenols is 2.